The van der Waals surface area contributed by atoms with E-state index in [4.69, 9.17) is 0 Å². The predicted octanol–water partition coefficient (Wildman–Crippen LogP) is 3.19. The Morgan fingerprint density at radius 2 is 1.84 bits per heavy atom. The van der Waals surface area contributed by atoms with Gasteiger partial charge < -0.3 is 4.79 Å². The summed E-state index contributed by atoms with van der Waals surface area (Å²) in [4.78, 5) is 14.0. The van der Waals surface area contributed by atoms with Crippen LogP contribution in [-0.2, 0) is 17.8 Å². The van der Waals surface area contributed by atoms with E-state index in [-0.39, 0.29) is 5.41 Å². The molecule has 0 N–H and O–H groups in total. The predicted molar refractivity (Wildman–Crippen MR) is 77.0 cm³/mol. The Kier molecular flexibility index (Phi) is 3.69. The lowest BCUT2D eigenvalue weighted by atomic mass is 9.87. The van der Waals surface area contributed by atoms with E-state index in [9.17, 15) is 4.79 Å². The average molecular weight is 257 g/mol. The van der Waals surface area contributed by atoms with Crippen molar-refractivity contribution in [3.05, 3.63) is 35.4 Å². The van der Waals surface area contributed by atoms with Crippen LogP contribution < -0.4 is 0 Å². The minimum Gasteiger partial charge on any atom is -0.303 e. The normalized spacial score (nSPS) is 22.7. The lowest BCUT2D eigenvalue weighted by molar-refractivity contribution is -0.117. The molecular weight excluding hydrogens is 234 g/mol. The summed E-state index contributed by atoms with van der Waals surface area (Å²) in [5.41, 5.74) is 2.91. The molecule has 0 atom stereocenters. The number of aldehydes is 1. The zero-order valence-corrected chi connectivity index (χ0v) is 11.6. The van der Waals surface area contributed by atoms with Crippen molar-refractivity contribution in [3.8, 4) is 0 Å². The minimum atomic E-state index is -0.0424. The first-order chi connectivity index (χ1) is 9.31. The molecule has 0 radical (unpaired) electrons. The Morgan fingerprint density at radius 1 is 1.11 bits per heavy atom. The molecule has 1 fully saturated rings. The first-order valence-electron chi connectivity index (χ1n) is 7.57. The van der Waals surface area contributed by atoms with Crippen LogP contribution in [0.2, 0.25) is 0 Å². The number of hydrogen-bond acceptors (Lipinski definition) is 2. The second kappa shape index (κ2) is 5.46. The third-order valence-electron chi connectivity index (χ3n) is 4.82. The van der Waals surface area contributed by atoms with Crippen LogP contribution in [0.15, 0.2) is 24.3 Å². The van der Waals surface area contributed by atoms with Crippen molar-refractivity contribution in [1.82, 2.24) is 4.90 Å². The second-order valence-electron chi connectivity index (χ2n) is 6.27. The lowest BCUT2D eigenvalue weighted by Gasteiger charge is -2.30. The van der Waals surface area contributed by atoms with Gasteiger partial charge in [0.05, 0.1) is 0 Å². The van der Waals surface area contributed by atoms with Crippen molar-refractivity contribution in [1.29, 1.82) is 0 Å². The molecule has 1 aliphatic heterocycles. The molecule has 1 aromatic carbocycles. The molecule has 0 saturated heterocycles. The molecule has 0 bridgehead atoms. The number of hydrogen-bond donors (Lipinski definition) is 0. The second-order valence-corrected chi connectivity index (χ2v) is 6.27. The van der Waals surface area contributed by atoms with Gasteiger partial charge in [0.2, 0.25) is 0 Å². The lowest BCUT2D eigenvalue weighted by Crippen LogP contribution is -2.37. The Hall–Kier alpha value is -1.15. The van der Waals surface area contributed by atoms with Crippen molar-refractivity contribution in [2.45, 2.75) is 45.1 Å². The highest BCUT2D eigenvalue weighted by Crippen LogP contribution is 2.37. The van der Waals surface area contributed by atoms with Gasteiger partial charge in [-0.15, -0.1) is 0 Å². The topological polar surface area (TPSA) is 20.3 Å². The van der Waals surface area contributed by atoms with Crippen LogP contribution in [-0.4, -0.2) is 24.3 Å². The van der Waals surface area contributed by atoms with Crippen molar-refractivity contribution < 1.29 is 4.79 Å². The van der Waals surface area contributed by atoms with Gasteiger partial charge in [-0.05, 0) is 43.4 Å². The maximum atomic E-state index is 11.5. The quantitative estimate of drug-likeness (QED) is 0.775. The van der Waals surface area contributed by atoms with Crippen LogP contribution in [0.4, 0.5) is 0 Å². The first-order valence-corrected chi connectivity index (χ1v) is 7.57. The van der Waals surface area contributed by atoms with E-state index >= 15 is 0 Å². The Labute approximate surface area is 115 Å². The van der Waals surface area contributed by atoms with Crippen LogP contribution in [0.3, 0.4) is 0 Å². The summed E-state index contributed by atoms with van der Waals surface area (Å²) in [6.45, 7) is 3.11. The fourth-order valence-electron chi connectivity index (χ4n) is 3.74. The van der Waals surface area contributed by atoms with Crippen molar-refractivity contribution in [2.75, 3.05) is 13.1 Å². The van der Waals surface area contributed by atoms with Gasteiger partial charge in [0.1, 0.15) is 6.29 Å². The van der Waals surface area contributed by atoms with Crippen LogP contribution in [0.25, 0.3) is 0 Å². The van der Waals surface area contributed by atoms with Crippen molar-refractivity contribution in [2.24, 2.45) is 5.41 Å². The van der Waals surface area contributed by atoms with E-state index in [2.05, 4.69) is 29.2 Å². The van der Waals surface area contributed by atoms with E-state index in [1.165, 1.54) is 43.1 Å². The number of rotatable bonds is 3. The Bertz CT molecular complexity index is 448. The third kappa shape index (κ3) is 2.74. The molecular formula is C17H23NO. The summed E-state index contributed by atoms with van der Waals surface area (Å²) in [5.74, 6) is 0. The number of carbonyl (C=O) groups is 1. The Morgan fingerprint density at radius 3 is 2.58 bits per heavy atom. The monoisotopic (exact) mass is 257 g/mol. The third-order valence-corrected chi connectivity index (χ3v) is 4.82. The molecule has 1 aromatic rings. The molecule has 0 spiro atoms. The summed E-state index contributed by atoms with van der Waals surface area (Å²) in [5, 5.41) is 0. The van der Waals surface area contributed by atoms with E-state index in [1.54, 1.807) is 0 Å². The molecule has 1 saturated carbocycles. The highest BCUT2D eigenvalue weighted by atomic mass is 16.1. The largest absolute Gasteiger partial charge is 0.303 e. The van der Waals surface area contributed by atoms with Crippen LogP contribution in [0.1, 0.15) is 43.2 Å². The number of fused-ring (bicyclic) bond motifs is 1. The zero-order chi connectivity index (χ0) is 13.1. The van der Waals surface area contributed by atoms with E-state index in [1.807, 2.05) is 0 Å². The molecule has 2 nitrogen and oxygen atoms in total. The molecule has 1 aliphatic carbocycles. The van der Waals surface area contributed by atoms with Crippen molar-refractivity contribution in [3.63, 3.8) is 0 Å². The first kappa shape index (κ1) is 12.9. The molecule has 0 aromatic heterocycles. The van der Waals surface area contributed by atoms with Gasteiger partial charge >= 0.3 is 0 Å². The van der Waals surface area contributed by atoms with Gasteiger partial charge in [0, 0.05) is 18.5 Å². The van der Waals surface area contributed by atoms with E-state index in [0.717, 1.165) is 32.5 Å². The molecule has 19 heavy (non-hydrogen) atoms. The molecule has 3 rings (SSSR count). The van der Waals surface area contributed by atoms with Crippen LogP contribution in [0.5, 0.6) is 0 Å². The summed E-state index contributed by atoms with van der Waals surface area (Å²) in [7, 11) is 0. The van der Waals surface area contributed by atoms with Gasteiger partial charge in [-0.1, -0.05) is 37.1 Å². The Balaban J connectivity index is 1.74. The van der Waals surface area contributed by atoms with E-state index < -0.39 is 0 Å². The van der Waals surface area contributed by atoms with Crippen molar-refractivity contribution >= 4 is 6.29 Å². The summed E-state index contributed by atoms with van der Waals surface area (Å²) in [6.07, 6.45) is 8.28. The summed E-state index contributed by atoms with van der Waals surface area (Å²) in [6, 6.07) is 8.77. The fraction of sp³-hybridized carbons (Fsp3) is 0.588. The molecule has 1 heterocycles. The van der Waals surface area contributed by atoms with Gasteiger partial charge in [-0.3, -0.25) is 4.90 Å². The summed E-state index contributed by atoms with van der Waals surface area (Å²) >= 11 is 0. The SMILES string of the molecule is O=CC1(CN2CCCc3ccccc3C2)CCCC1. The van der Waals surface area contributed by atoms with E-state index in [0.29, 0.717) is 0 Å². The smallest absolute Gasteiger partial charge is 0.127 e. The van der Waals surface area contributed by atoms with Crippen LogP contribution >= 0.6 is 0 Å². The van der Waals surface area contributed by atoms with Gasteiger partial charge in [0.25, 0.3) is 0 Å². The average Bonchev–Trinajstić information content (AvgIpc) is 2.80. The molecule has 0 amide bonds. The minimum absolute atomic E-state index is 0.0424. The molecule has 2 aliphatic rings. The number of aryl methyl sites for hydroxylation is 1. The maximum Gasteiger partial charge on any atom is 0.127 e. The number of carbonyl (C=O) groups excluding carboxylic acids is 1. The highest BCUT2D eigenvalue weighted by Gasteiger charge is 2.35. The molecule has 102 valence electrons. The highest BCUT2D eigenvalue weighted by molar-refractivity contribution is 5.60. The molecule has 0 unspecified atom stereocenters. The number of benzene rings is 1. The van der Waals surface area contributed by atoms with Gasteiger partial charge in [-0.25, -0.2) is 0 Å². The molecule has 2 heteroatoms. The fourth-order valence-corrected chi connectivity index (χ4v) is 3.74. The zero-order valence-electron chi connectivity index (χ0n) is 11.6. The van der Waals surface area contributed by atoms with Gasteiger partial charge in [-0.2, -0.15) is 0 Å². The van der Waals surface area contributed by atoms with Gasteiger partial charge in [0.15, 0.2) is 0 Å². The number of nitrogens with zero attached hydrogens (tertiary/aromatic N) is 1. The maximum absolute atomic E-state index is 11.5. The summed E-state index contributed by atoms with van der Waals surface area (Å²) < 4.78 is 0. The standard InChI is InChI=1S/C17H23NO/c19-14-17(9-3-4-10-17)13-18-11-5-8-15-6-1-2-7-16(15)12-18/h1-2,6-7,14H,3-5,8-13H2. The van der Waals surface area contributed by atoms with Crippen LogP contribution in [0, 0.1) is 5.41 Å².